The molecule has 0 bridgehead atoms. The van der Waals surface area contributed by atoms with Crippen molar-refractivity contribution < 1.29 is 17.9 Å². The van der Waals surface area contributed by atoms with Gasteiger partial charge in [0.05, 0.1) is 23.9 Å². The van der Waals surface area contributed by atoms with Crippen molar-refractivity contribution in [1.29, 1.82) is 0 Å². The van der Waals surface area contributed by atoms with Crippen LogP contribution >= 0.6 is 0 Å². The molecule has 1 heterocycles. The number of anilines is 1. The summed E-state index contributed by atoms with van der Waals surface area (Å²) in [4.78, 5) is 7.95. The molecule has 0 aliphatic heterocycles. The van der Waals surface area contributed by atoms with Crippen LogP contribution in [0.2, 0.25) is 0 Å². The molecule has 2 rings (SSSR count). The van der Waals surface area contributed by atoms with E-state index in [0.717, 1.165) is 0 Å². The first-order valence-corrected chi connectivity index (χ1v) is 7.62. The standard InChI is InChI=1S/C13H15N3O4S.Na.H/c1-19-7-8-20-11-9-14-13(15-10-11)16-21(17,18)12-5-3-2-4-6-12;;/h2-6,9-10H,7-8H2,1H3,(H,14,15,16);;. The second kappa shape index (κ2) is 9.06. The van der Waals surface area contributed by atoms with Crippen LogP contribution < -0.4 is 9.46 Å². The van der Waals surface area contributed by atoms with E-state index in [1.54, 1.807) is 25.3 Å². The Morgan fingerprint density at radius 1 is 1.09 bits per heavy atom. The normalized spacial score (nSPS) is 10.6. The molecule has 0 amide bonds. The van der Waals surface area contributed by atoms with Gasteiger partial charge in [-0.1, -0.05) is 18.2 Å². The third kappa shape index (κ3) is 5.54. The summed E-state index contributed by atoms with van der Waals surface area (Å²) in [5.74, 6) is 0.424. The van der Waals surface area contributed by atoms with Crippen molar-refractivity contribution in [2.45, 2.75) is 4.90 Å². The Bertz CT molecular complexity index is 665. The Balaban J connectivity index is 0.00000242. The first kappa shape index (κ1) is 18.9. The maximum absolute atomic E-state index is 12.1. The molecule has 1 N–H and O–H groups in total. The fourth-order valence-electron chi connectivity index (χ4n) is 1.47. The third-order valence-corrected chi connectivity index (χ3v) is 3.81. The van der Waals surface area contributed by atoms with Gasteiger partial charge in [-0.3, -0.25) is 0 Å². The van der Waals surface area contributed by atoms with Crippen molar-refractivity contribution in [3.8, 4) is 5.75 Å². The SMILES string of the molecule is COCCOc1cnc(NS(=O)(=O)c2ccccc2)nc1.[NaH]. The van der Waals surface area contributed by atoms with Gasteiger partial charge in [0.2, 0.25) is 5.95 Å². The van der Waals surface area contributed by atoms with E-state index in [0.29, 0.717) is 19.0 Å². The molecule has 22 heavy (non-hydrogen) atoms. The molecule has 0 spiro atoms. The maximum atomic E-state index is 12.1. The van der Waals surface area contributed by atoms with Crippen molar-refractivity contribution >= 4 is 45.5 Å². The predicted molar refractivity (Wildman–Crippen MR) is 83.8 cm³/mol. The van der Waals surface area contributed by atoms with Crippen molar-refractivity contribution in [3.05, 3.63) is 42.7 Å². The van der Waals surface area contributed by atoms with Gasteiger partial charge in [0, 0.05) is 7.11 Å². The van der Waals surface area contributed by atoms with Crippen molar-refractivity contribution in [2.75, 3.05) is 25.0 Å². The fourth-order valence-corrected chi connectivity index (χ4v) is 2.44. The molecule has 1 aromatic heterocycles. The number of hydrogen-bond donors (Lipinski definition) is 1. The molecule has 0 aliphatic carbocycles. The molecular formula is C13H16N3NaO4S. The zero-order valence-corrected chi connectivity index (χ0v) is 12.2. The molecule has 114 valence electrons. The van der Waals surface area contributed by atoms with Gasteiger partial charge in [-0.25, -0.2) is 23.1 Å². The minimum absolute atomic E-state index is 0. The first-order valence-electron chi connectivity index (χ1n) is 6.13. The van der Waals surface area contributed by atoms with Gasteiger partial charge >= 0.3 is 29.6 Å². The molecule has 0 unspecified atom stereocenters. The number of hydrogen-bond acceptors (Lipinski definition) is 6. The Morgan fingerprint density at radius 2 is 1.73 bits per heavy atom. The molecule has 0 aliphatic rings. The summed E-state index contributed by atoms with van der Waals surface area (Å²) in [5, 5.41) is 0. The average Bonchev–Trinajstić information content (AvgIpc) is 2.50. The summed E-state index contributed by atoms with van der Waals surface area (Å²) in [6.07, 6.45) is 2.79. The van der Waals surface area contributed by atoms with Crippen LogP contribution in [0.3, 0.4) is 0 Å². The van der Waals surface area contributed by atoms with E-state index in [2.05, 4.69) is 14.7 Å². The van der Waals surface area contributed by atoms with Crippen LogP contribution in [-0.4, -0.2) is 68.3 Å². The zero-order valence-electron chi connectivity index (χ0n) is 11.4. The Hall–Kier alpha value is -1.19. The van der Waals surface area contributed by atoms with Gasteiger partial charge < -0.3 is 9.47 Å². The summed E-state index contributed by atoms with van der Waals surface area (Å²) < 4.78 is 36.5. The molecule has 0 radical (unpaired) electrons. The van der Waals surface area contributed by atoms with Crippen molar-refractivity contribution in [1.82, 2.24) is 9.97 Å². The quantitative estimate of drug-likeness (QED) is 0.591. The second-order valence-electron chi connectivity index (χ2n) is 4.00. The minimum atomic E-state index is -3.68. The van der Waals surface area contributed by atoms with Crippen LogP contribution in [0.4, 0.5) is 5.95 Å². The van der Waals surface area contributed by atoms with E-state index >= 15 is 0 Å². The molecule has 7 nitrogen and oxygen atoms in total. The van der Waals surface area contributed by atoms with Gasteiger partial charge in [0.1, 0.15) is 6.61 Å². The summed E-state index contributed by atoms with van der Waals surface area (Å²) in [7, 11) is -2.11. The van der Waals surface area contributed by atoms with Gasteiger partial charge in [-0.2, -0.15) is 0 Å². The van der Waals surface area contributed by atoms with E-state index < -0.39 is 10.0 Å². The second-order valence-corrected chi connectivity index (χ2v) is 5.68. The van der Waals surface area contributed by atoms with Gasteiger partial charge in [0.25, 0.3) is 10.0 Å². The van der Waals surface area contributed by atoms with Crippen LogP contribution in [0.1, 0.15) is 0 Å². The number of nitrogens with one attached hydrogen (secondary N) is 1. The summed E-state index contributed by atoms with van der Waals surface area (Å²) in [6.45, 7) is 0.817. The number of rotatable bonds is 7. The van der Waals surface area contributed by atoms with E-state index in [9.17, 15) is 8.42 Å². The van der Waals surface area contributed by atoms with Crippen LogP contribution in [0, 0.1) is 0 Å². The van der Waals surface area contributed by atoms with Crippen LogP contribution in [0.5, 0.6) is 5.75 Å². The molecule has 0 saturated heterocycles. The van der Waals surface area contributed by atoms with Crippen molar-refractivity contribution in [3.63, 3.8) is 0 Å². The number of nitrogens with zero attached hydrogens (tertiary/aromatic N) is 2. The van der Waals surface area contributed by atoms with E-state index in [1.165, 1.54) is 24.5 Å². The molecule has 0 saturated carbocycles. The van der Waals surface area contributed by atoms with Gasteiger partial charge in [-0.05, 0) is 12.1 Å². The van der Waals surface area contributed by atoms with E-state index in [4.69, 9.17) is 9.47 Å². The van der Waals surface area contributed by atoms with Crippen LogP contribution in [-0.2, 0) is 14.8 Å². The number of methoxy groups -OCH3 is 1. The van der Waals surface area contributed by atoms with Gasteiger partial charge in [0.15, 0.2) is 5.75 Å². The topological polar surface area (TPSA) is 90.4 Å². The van der Waals surface area contributed by atoms with E-state index in [-0.39, 0.29) is 40.4 Å². The number of aromatic nitrogens is 2. The molecule has 9 heteroatoms. The molecular weight excluding hydrogens is 317 g/mol. The van der Waals surface area contributed by atoms with Crippen LogP contribution in [0.25, 0.3) is 0 Å². The Kier molecular flexibility index (Phi) is 7.77. The fraction of sp³-hybridized carbons (Fsp3) is 0.231. The average molecular weight is 333 g/mol. The van der Waals surface area contributed by atoms with Crippen LogP contribution in [0.15, 0.2) is 47.6 Å². The number of benzene rings is 1. The summed E-state index contributed by atoms with van der Waals surface area (Å²) >= 11 is 0. The molecule has 2 aromatic rings. The first-order chi connectivity index (χ1) is 10.1. The molecule has 0 fully saturated rings. The molecule has 0 atom stereocenters. The summed E-state index contributed by atoms with van der Waals surface area (Å²) in [5.41, 5.74) is 0. The molecule has 1 aromatic carbocycles. The number of ether oxygens (including phenoxy) is 2. The zero-order chi connectivity index (χ0) is 15.1. The monoisotopic (exact) mass is 333 g/mol. The van der Waals surface area contributed by atoms with Gasteiger partial charge in [-0.15, -0.1) is 0 Å². The predicted octanol–water partition coefficient (Wildman–Crippen LogP) is 0.654. The van der Waals surface area contributed by atoms with Crippen molar-refractivity contribution in [2.24, 2.45) is 0 Å². The number of sulfonamides is 1. The van der Waals surface area contributed by atoms with E-state index in [1.807, 2.05) is 0 Å². The summed E-state index contributed by atoms with van der Waals surface area (Å²) in [6, 6.07) is 8.00. The Labute approximate surface area is 151 Å². The third-order valence-electron chi connectivity index (χ3n) is 2.46. The Morgan fingerprint density at radius 3 is 2.32 bits per heavy atom.